The first-order chi connectivity index (χ1) is 10.2. The molecule has 1 radical (unpaired) electrons. The first-order valence-corrected chi connectivity index (χ1v) is 13.9. The second kappa shape index (κ2) is 14.8. The van der Waals surface area contributed by atoms with Gasteiger partial charge in [0.25, 0.3) is 0 Å². The predicted octanol–water partition coefficient (Wildman–Crippen LogP) is 6.56. The molecule has 2 aromatic rings. The van der Waals surface area contributed by atoms with Gasteiger partial charge in [-0.2, -0.15) is 45.5 Å². The van der Waals surface area contributed by atoms with Crippen molar-refractivity contribution in [2.45, 2.75) is 54.6 Å². The summed E-state index contributed by atoms with van der Waals surface area (Å²) in [6.07, 6.45) is 0. The van der Waals surface area contributed by atoms with E-state index in [1.165, 1.54) is 33.4 Å². The van der Waals surface area contributed by atoms with Crippen LogP contribution in [0, 0.1) is 41.5 Å². The van der Waals surface area contributed by atoms with Crippen LogP contribution in [0.3, 0.4) is 0 Å². The van der Waals surface area contributed by atoms with E-state index in [-0.39, 0.29) is 0 Å². The van der Waals surface area contributed by atoms with Crippen molar-refractivity contribution in [3.8, 4) is 0 Å². The molecule has 0 fully saturated rings. The Morgan fingerprint density at radius 2 is 1.00 bits per heavy atom. The van der Waals surface area contributed by atoms with Crippen LogP contribution < -0.4 is 0 Å². The average molecular weight is 392 g/mol. The van der Waals surface area contributed by atoms with Crippen LogP contribution in [0.25, 0.3) is 0 Å². The number of aryl methyl sites for hydroxylation is 6. The van der Waals surface area contributed by atoms with Crippen LogP contribution in [0.4, 0.5) is 0 Å². The van der Waals surface area contributed by atoms with Crippen molar-refractivity contribution in [1.82, 2.24) is 0 Å². The van der Waals surface area contributed by atoms with Gasteiger partial charge in [-0.3, -0.25) is 0 Å². The number of hydrogen-bond donors (Lipinski definition) is 0. The molecule has 0 atom stereocenters. The van der Waals surface area contributed by atoms with Crippen molar-refractivity contribution in [2.24, 2.45) is 0 Å². The Balaban J connectivity index is 0. The molecule has 0 unspecified atom stereocenters. The van der Waals surface area contributed by atoms with Gasteiger partial charge in [0, 0.05) is 9.52 Å². The van der Waals surface area contributed by atoms with Gasteiger partial charge in [-0.15, -0.1) is 0 Å². The maximum absolute atomic E-state index is 4.89. The summed E-state index contributed by atoms with van der Waals surface area (Å²) in [5, 5.41) is 0. The van der Waals surface area contributed by atoms with Crippen LogP contribution in [0.1, 0.15) is 33.4 Å². The van der Waals surface area contributed by atoms with Crippen molar-refractivity contribution in [3.05, 3.63) is 57.6 Å². The molecule has 0 heterocycles. The van der Waals surface area contributed by atoms with Gasteiger partial charge < -0.3 is 0 Å². The molecule has 22 heavy (non-hydrogen) atoms. The Morgan fingerprint density at radius 3 is 1.05 bits per heavy atom. The standard InChI is InChI=1S/2C8H11.C2H7Si.2ClH.Ti/c2*1-6-4-7(2)8(3)5-6;1-3-2;;;/h2*4-5H,1-3H3;3H,1-2H3;2*1H;/q2*-1;;;;+2/p-2. The molecule has 0 aromatic heterocycles. The van der Waals surface area contributed by atoms with Gasteiger partial charge in [0.2, 0.25) is 0 Å². The average Bonchev–Trinajstić information content (AvgIpc) is 2.83. The third-order valence-electron chi connectivity index (χ3n) is 3.02. The van der Waals surface area contributed by atoms with Gasteiger partial charge in [0.15, 0.2) is 0 Å². The molecule has 0 aliphatic carbocycles. The van der Waals surface area contributed by atoms with E-state index in [0.29, 0.717) is 0 Å². The fraction of sp³-hybridized carbons (Fsp3) is 0.444. The van der Waals surface area contributed by atoms with E-state index >= 15 is 0 Å². The first kappa shape index (κ1) is 24.5. The summed E-state index contributed by atoms with van der Waals surface area (Å²) >= 11 is -0.556. The Morgan fingerprint density at radius 1 is 0.773 bits per heavy atom. The zero-order valence-electron chi connectivity index (χ0n) is 15.1. The van der Waals surface area contributed by atoms with Gasteiger partial charge in [-0.05, 0) is 0 Å². The maximum atomic E-state index is 4.89. The minimum absolute atomic E-state index is 0.556. The van der Waals surface area contributed by atoms with Gasteiger partial charge in [0.1, 0.15) is 0 Å². The second-order valence-electron chi connectivity index (χ2n) is 5.45. The van der Waals surface area contributed by atoms with Gasteiger partial charge in [-0.25, -0.2) is 12.1 Å². The Bertz CT molecular complexity index is 416. The summed E-state index contributed by atoms with van der Waals surface area (Å²) in [6, 6.07) is 8.81. The summed E-state index contributed by atoms with van der Waals surface area (Å²) in [7, 11) is 10.5. The molecule has 4 heteroatoms. The van der Waals surface area contributed by atoms with Crippen LogP contribution in [-0.2, 0) is 17.0 Å². The van der Waals surface area contributed by atoms with Crippen molar-refractivity contribution < 1.29 is 17.0 Å². The molecular formula is C18H29Cl2SiTi-2. The monoisotopic (exact) mass is 391 g/mol. The Hall–Kier alpha value is 0.211. The molecule has 0 saturated heterocycles. The third-order valence-corrected chi connectivity index (χ3v) is 3.02. The summed E-state index contributed by atoms with van der Waals surface area (Å²) in [5.41, 5.74) is 8.37. The first-order valence-electron chi connectivity index (χ1n) is 7.34. The summed E-state index contributed by atoms with van der Waals surface area (Å²) in [5.74, 6) is 0. The molecule has 125 valence electrons. The summed E-state index contributed by atoms with van der Waals surface area (Å²) < 4.78 is 0. The van der Waals surface area contributed by atoms with Crippen LogP contribution >= 0.6 is 18.6 Å². The van der Waals surface area contributed by atoms with E-state index in [4.69, 9.17) is 18.6 Å². The number of rotatable bonds is 0. The van der Waals surface area contributed by atoms with Gasteiger partial charge >= 0.3 is 35.6 Å². The van der Waals surface area contributed by atoms with E-state index in [2.05, 4.69) is 78.9 Å². The Labute approximate surface area is 156 Å². The summed E-state index contributed by atoms with van der Waals surface area (Å²) in [4.78, 5) is 0. The van der Waals surface area contributed by atoms with E-state index in [0.717, 1.165) is 9.52 Å². The molecule has 2 rings (SSSR count). The fourth-order valence-corrected chi connectivity index (χ4v) is 1.90. The van der Waals surface area contributed by atoms with Crippen molar-refractivity contribution in [1.29, 1.82) is 0 Å². The van der Waals surface area contributed by atoms with Crippen molar-refractivity contribution in [2.75, 3.05) is 0 Å². The van der Waals surface area contributed by atoms with Crippen molar-refractivity contribution in [3.63, 3.8) is 0 Å². The second-order valence-corrected chi connectivity index (χ2v) is 9.18. The van der Waals surface area contributed by atoms with E-state index < -0.39 is 17.0 Å². The molecule has 0 spiro atoms. The summed E-state index contributed by atoms with van der Waals surface area (Å²) in [6.45, 7) is 17.2. The normalized spacial score (nSPS) is 8.64. The molecule has 0 amide bonds. The topological polar surface area (TPSA) is 0 Å². The third kappa shape index (κ3) is 12.7. The molecule has 0 N–H and O–H groups in total. The number of halogens is 2. The van der Waals surface area contributed by atoms with E-state index in [1.807, 2.05) is 0 Å². The van der Waals surface area contributed by atoms with Crippen molar-refractivity contribution >= 4 is 28.1 Å². The van der Waals surface area contributed by atoms with Gasteiger partial charge in [0.05, 0.1) is 0 Å². The minimum atomic E-state index is -0.556. The zero-order valence-corrected chi connectivity index (χ0v) is 19.4. The SMILES string of the molecule is C[SiH]C.Cc1cc(C)c(C)[cH-]1.Cc1cc(C)c(C)[cH-]1.[Cl][Ti][Cl]. The van der Waals surface area contributed by atoms with Crippen LogP contribution in [0.15, 0.2) is 24.3 Å². The molecule has 0 aliphatic rings. The number of hydrogen-bond acceptors (Lipinski definition) is 0. The fourth-order valence-electron chi connectivity index (χ4n) is 1.90. The molecule has 0 saturated carbocycles. The predicted molar refractivity (Wildman–Crippen MR) is 103 cm³/mol. The molecule has 0 aliphatic heterocycles. The Kier molecular flexibility index (Phi) is 16.4. The quantitative estimate of drug-likeness (QED) is 0.352. The zero-order chi connectivity index (χ0) is 17.7. The molecule has 0 bridgehead atoms. The van der Waals surface area contributed by atoms with Gasteiger partial charge in [-0.1, -0.05) is 54.6 Å². The van der Waals surface area contributed by atoms with Crippen LogP contribution in [0.2, 0.25) is 13.1 Å². The molecule has 2 aromatic carbocycles. The molecular weight excluding hydrogens is 363 g/mol. The van der Waals surface area contributed by atoms with E-state index in [9.17, 15) is 0 Å². The van der Waals surface area contributed by atoms with Crippen LogP contribution in [-0.4, -0.2) is 9.52 Å². The van der Waals surface area contributed by atoms with E-state index in [1.54, 1.807) is 0 Å². The molecule has 0 nitrogen and oxygen atoms in total. The van der Waals surface area contributed by atoms with Crippen LogP contribution in [0.5, 0.6) is 0 Å².